The van der Waals surface area contributed by atoms with Crippen molar-refractivity contribution >= 4 is 49.6 Å². The molecule has 0 saturated carbocycles. The second-order valence-electron chi connectivity index (χ2n) is 11.7. The number of hydrogen-bond acceptors (Lipinski definition) is 10. The smallest absolute Gasteiger partial charge is 0.326 e. The highest BCUT2D eigenvalue weighted by Gasteiger charge is 2.30. The lowest BCUT2D eigenvalue weighted by Gasteiger charge is -2.33. The van der Waals surface area contributed by atoms with Gasteiger partial charge in [0.15, 0.2) is 17.0 Å². The number of anilines is 2. The maximum absolute atomic E-state index is 13.6. The highest BCUT2D eigenvalue weighted by Crippen LogP contribution is 2.33. The molecule has 2 aliphatic heterocycles. The van der Waals surface area contributed by atoms with Crippen LogP contribution in [0.3, 0.4) is 0 Å². The molecule has 12 nitrogen and oxygen atoms in total. The van der Waals surface area contributed by atoms with Crippen molar-refractivity contribution in [2.45, 2.75) is 56.0 Å². The third-order valence-electron chi connectivity index (χ3n) is 8.80. The Labute approximate surface area is 267 Å². The predicted octanol–water partition coefficient (Wildman–Crippen LogP) is 4.03. The van der Waals surface area contributed by atoms with E-state index in [9.17, 15) is 13.2 Å². The first-order valence-electron chi connectivity index (χ1n) is 15.7. The molecule has 2 aromatic carbocycles. The van der Waals surface area contributed by atoms with Gasteiger partial charge >= 0.3 is 5.97 Å². The largest absolute Gasteiger partial charge is 0.465 e. The molecule has 0 amide bonds. The summed E-state index contributed by atoms with van der Waals surface area (Å²) < 4.78 is 36.8. The predicted molar refractivity (Wildman–Crippen MR) is 175 cm³/mol. The number of aryl methyl sites for hydroxylation is 1. The Morgan fingerprint density at radius 1 is 1.07 bits per heavy atom. The quantitative estimate of drug-likeness (QED) is 0.227. The molecule has 5 heterocycles. The number of fused-ring (bicyclic) bond motifs is 3. The van der Waals surface area contributed by atoms with Crippen LogP contribution in [0.4, 0.5) is 11.6 Å². The van der Waals surface area contributed by atoms with Gasteiger partial charge in [-0.1, -0.05) is 42.5 Å². The number of nitrogens with one attached hydrogen (secondary N) is 2. The third kappa shape index (κ3) is 5.87. The maximum atomic E-state index is 13.6. The average molecular weight is 641 g/mol. The number of carbonyl (C=O) groups excluding carboxylic acids is 1. The second-order valence-corrected chi connectivity index (χ2v) is 13.4. The number of nitrogens with zero attached hydrogens (tertiary/aromatic N) is 6. The molecule has 0 spiro atoms. The van der Waals surface area contributed by atoms with Gasteiger partial charge in [-0.3, -0.25) is 4.79 Å². The standard InChI is InChI=1S/C33H36N8O4S/c1-2-45-33(42)27(39-46(43,44)28-11-5-8-22-7-3-4-10-25(22)28)19-41-21-37-29-31(35-20-36-32(29)41)40-17-14-23(15-18-40)26-13-12-24-9-6-16-34-30(24)38-26/h3-5,7-8,10-13,20-21,23,27,39H,2,6,9,14-19H2,1H3,(H,34,38)/t27-/m0/s1. The first-order chi connectivity index (χ1) is 22.4. The zero-order valence-electron chi connectivity index (χ0n) is 25.6. The Morgan fingerprint density at radius 2 is 1.89 bits per heavy atom. The Bertz CT molecular complexity index is 2000. The zero-order chi connectivity index (χ0) is 31.7. The first-order valence-corrected chi connectivity index (χ1v) is 17.2. The maximum Gasteiger partial charge on any atom is 0.326 e. The van der Waals surface area contributed by atoms with Gasteiger partial charge < -0.3 is 19.5 Å². The number of piperidine rings is 1. The van der Waals surface area contributed by atoms with Crippen LogP contribution >= 0.6 is 0 Å². The minimum absolute atomic E-state index is 0.0596. The fraction of sp³-hybridized carbons (Fsp3) is 0.364. The van der Waals surface area contributed by atoms with Crippen LogP contribution in [0, 0.1) is 0 Å². The number of sulfonamides is 1. The molecule has 46 heavy (non-hydrogen) atoms. The van der Waals surface area contributed by atoms with Gasteiger partial charge in [0.05, 0.1) is 24.4 Å². The lowest BCUT2D eigenvalue weighted by molar-refractivity contribution is -0.145. The monoisotopic (exact) mass is 640 g/mol. The minimum atomic E-state index is -4.10. The molecule has 0 bridgehead atoms. The Hall–Kier alpha value is -4.62. The Kier molecular flexibility index (Phi) is 8.26. The van der Waals surface area contributed by atoms with Gasteiger partial charge in [-0.25, -0.2) is 28.4 Å². The molecule has 7 rings (SSSR count). The molecule has 5 aromatic rings. The van der Waals surface area contributed by atoms with E-state index >= 15 is 0 Å². The van der Waals surface area contributed by atoms with Gasteiger partial charge in [-0.05, 0) is 55.7 Å². The van der Waals surface area contributed by atoms with Crippen LogP contribution in [0.5, 0.6) is 0 Å². The molecule has 1 atom stereocenters. The van der Waals surface area contributed by atoms with Gasteiger partial charge in [0, 0.05) is 36.6 Å². The van der Waals surface area contributed by atoms with Crippen LogP contribution in [0.25, 0.3) is 21.9 Å². The molecular weight excluding hydrogens is 604 g/mol. The Morgan fingerprint density at radius 3 is 2.74 bits per heavy atom. The van der Waals surface area contributed by atoms with E-state index in [4.69, 9.17) is 9.72 Å². The van der Waals surface area contributed by atoms with Gasteiger partial charge in [0.25, 0.3) is 0 Å². The summed E-state index contributed by atoms with van der Waals surface area (Å²) in [6.07, 6.45) is 7.12. The van der Waals surface area contributed by atoms with E-state index in [1.807, 2.05) is 18.2 Å². The number of esters is 1. The molecule has 2 aliphatic rings. The fourth-order valence-electron chi connectivity index (χ4n) is 6.47. The van der Waals surface area contributed by atoms with Crippen molar-refractivity contribution in [3.8, 4) is 0 Å². The number of rotatable bonds is 9. The van der Waals surface area contributed by atoms with Gasteiger partial charge in [0.2, 0.25) is 10.0 Å². The van der Waals surface area contributed by atoms with Crippen molar-refractivity contribution in [1.29, 1.82) is 0 Å². The van der Waals surface area contributed by atoms with Crippen LogP contribution in [-0.2, 0) is 32.5 Å². The molecule has 3 aromatic heterocycles. The van der Waals surface area contributed by atoms with E-state index in [-0.39, 0.29) is 18.0 Å². The topological polar surface area (TPSA) is 144 Å². The van der Waals surface area contributed by atoms with Crippen LogP contribution in [0.1, 0.15) is 43.4 Å². The van der Waals surface area contributed by atoms with Crippen molar-refractivity contribution < 1.29 is 17.9 Å². The summed E-state index contributed by atoms with van der Waals surface area (Å²) >= 11 is 0. The van der Waals surface area contributed by atoms with Crippen molar-refractivity contribution in [1.82, 2.24) is 29.2 Å². The Balaban J connectivity index is 1.10. The number of benzene rings is 2. The highest BCUT2D eigenvalue weighted by atomic mass is 32.2. The molecule has 0 unspecified atom stereocenters. The van der Waals surface area contributed by atoms with Crippen molar-refractivity contribution in [3.05, 3.63) is 78.5 Å². The SMILES string of the molecule is CCOC(=O)[C@H](Cn1cnc2c(N3CCC(c4ccc5c(n4)NCCC5)CC3)ncnc21)NS(=O)(=O)c1cccc2ccccc12. The molecule has 0 aliphatic carbocycles. The van der Waals surface area contributed by atoms with Crippen molar-refractivity contribution in [2.75, 3.05) is 36.5 Å². The second kappa shape index (κ2) is 12.6. The number of hydrogen-bond donors (Lipinski definition) is 2. The number of aromatic nitrogens is 5. The van der Waals surface area contributed by atoms with Crippen LogP contribution in [-0.4, -0.2) is 71.2 Å². The van der Waals surface area contributed by atoms with Gasteiger partial charge in [-0.2, -0.15) is 4.72 Å². The number of pyridine rings is 1. The molecular formula is C33H36N8O4S. The fourth-order valence-corrected chi connectivity index (χ4v) is 7.88. The lowest BCUT2D eigenvalue weighted by atomic mass is 9.92. The average Bonchev–Trinajstić information content (AvgIpc) is 3.50. The summed E-state index contributed by atoms with van der Waals surface area (Å²) in [5, 5.41) is 4.78. The summed E-state index contributed by atoms with van der Waals surface area (Å²) in [5.74, 6) is 1.41. The van der Waals surface area contributed by atoms with Crippen LogP contribution < -0.4 is 14.9 Å². The highest BCUT2D eigenvalue weighted by molar-refractivity contribution is 7.89. The minimum Gasteiger partial charge on any atom is -0.465 e. The van der Waals surface area contributed by atoms with E-state index in [1.54, 1.807) is 36.0 Å². The summed E-state index contributed by atoms with van der Waals surface area (Å²) in [4.78, 5) is 34.0. The lowest BCUT2D eigenvalue weighted by Crippen LogP contribution is -2.44. The van der Waals surface area contributed by atoms with E-state index < -0.39 is 22.0 Å². The van der Waals surface area contributed by atoms with Crippen molar-refractivity contribution in [3.63, 3.8) is 0 Å². The molecule has 0 radical (unpaired) electrons. The zero-order valence-corrected chi connectivity index (χ0v) is 26.4. The van der Waals surface area contributed by atoms with Crippen LogP contribution in [0.15, 0.2) is 72.1 Å². The normalized spacial score (nSPS) is 16.2. The van der Waals surface area contributed by atoms with Gasteiger partial charge in [0.1, 0.15) is 18.2 Å². The molecule has 1 fully saturated rings. The summed E-state index contributed by atoms with van der Waals surface area (Å²) in [6, 6.07) is 15.4. The third-order valence-corrected chi connectivity index (χ3v) is 10.3. The number of ether oxygens (including phenoxy) is 1. The van der Waals surface area contributed by atoms with E-state index in [0.717, 1.165) is 62.2 Å². The molecule has 238 valence electrons. The molecule has 1 saturated heterocycles. The van der Waals surface area contributed by atoms with E-state index in [1.165, 1.54) is 18.0 Å². The molecule has 2 N–H and O–H groups in total. The molecule has 13 heteroatoms. The van der Waals surface area contributed by atoms with Crippen LogP contribution in [0.2, 0.25) is 0 Å². The van der Waals surface area contributed by atoms with Crippen molar-refractivity contribution in [2.24, 2.45) is 0 Å². The number of carbonyl (C=O) groups is 1. The summed E-state index contributed by atoms with van der Waals surface area (Å²) in [7, 11) is -4.10. The van der Waals surface area contributed by atoms with Gasteiger partial charge in [-0.15, -0.1) is 0 Å². The summed E-state index contributed by atoms with van der Waals surface area (Å²) in [5.41, 5.74) is 3.52. The van der Waals surface area contributed by atoms with E-state index in [0.29, 0.717) is 28.3 Å². The number of imidazole rings is 1. The first kappa shape index (κ1) is 30.1. The summed E-state index contributed by atoms with van der Waals surface area (Å²) in [6.45, 7) is 4.26. The van der Waals surface area contributed by atoms with E-state index in [2.05, 4.69) is 42.0 Å².